The Balaban J connectivity index is 1.36. The second kappa shape index (κ2) is 6.18. The van der Waals surface area contributed by atoms with Crippen LogP contribution in [0.1, 0.15) is 19.8 Å². The molecular formula is C18H18F4N4O2. The molecule has 0 unspecified atom stereocenters. The Hall–Kier alpha value is -2.65. The lowest BCUT2D eigenvalue weighted by Gasteiger charge is -2.33. The molecule has 0 bridgehead atoms. The van der Waals surface area contributed by atoms with Crippen molar-refractivity contribution in [3.63, 3.8) is 0 Å². The fourth-order valence-electron chi connectivity index (χ4n) is 3.76. The quantitative estimate of drug-likeness (QED) is 0.799. The second-order valence-electron chi connectivity index (χ2n) is 7.20. The monoisotopic (exact) mass is 398 g/mol. The first-order chi connectivity index (χ1) is 13.2. The smallest absolute Gasteiger partial charge is 0.322 e. The van der Waals surface area contributed by atoms with E-state index >= 15 is 0 Å². The second-order valence-corrected chi connectivity index (χ2v) is 7.20. The summed E-state index contributed by atoms with van der Waals surface area (Å²) < 4.78 is 59.4. The summed E-state index contributed by atoms with van der Waals surface area (Å²) in [6.07, 6.45) is -0.853. The average molecular weight is 398 g/mol. The van der Waals surface area contributed by atoms with Gasteiger partial charge >= 0.3 is 17.9 Å². The first-order valence-electron chi connectivity index (χ1n) is 8.89. The van der Waals surface area contributed by atoms with Gasteiger partial charge in [-0.3, -0.25) is 4.79 Å². The molecule has 2 fully saturated rings. The third kappa shape index (κ3) is 2.57. The van der Waals surface area contributed by atoms with Crippen LogP contribution in [0.2, 0.25) is 0 Å². The SMILES string of the molecule is C[C@H](Nc1nnc(-c2ccccc2)o1)C(=O)N1CCC2(CC1)C(F)(F)C2(F)F. The minimum Gasteiger partial charge on any atom is -0.403 e. The van der Waals surface area contributed by atoms with Crippen LogP contribution in [-0.2, 0) is 4.79 Å². The molecule has 1 aromatic carbocycles. The van der Waals surface area contributed by atoms with Crippen LogP contribution in [-0.4, -0.2) is 52.0 Å². The summed E-state index contributed by atoms with van der Waals surface area (Å²) in [5.41, 5.74) is -1.58. The van der Waals surface area contributed by atoms with E-state index in [0.717, 1.165) is 5.56 Å². The molecule has 10 heteroatoms. The van der Waals surface area contributed by atoms with Gasteiger partial charge in [0.15, 0.2) is 0 Å². The molecule has 28 heavy (non-hydrogen) atoms. The van der Waals surface area contributed by atoms with Gasteiger partial charge in [-0.2, -0.15) is 17.6 Å². The number of hydrogen-bond acceptors (Lipinski definition) is 5. The van der Waals surface area contributed by atoms with Crippen LogP contribution < -0.4 is 5.32 Å². The van der Waals surface area contributed by atoms with Gasteiger partial charge in [0.1, 0.15) is 11.5 Å². The van der Waals surface area contributed by atoms with Gasteiger partial charge in [0, 0.05) is 18.7 Å². The summed E-state index contributed by atoms with van der Waals surface area (Å²) in [6, 6.07) is 8.31. The lowest BCUT2D eigenvalue weighted by atomic mass is 9.92. The summed E-state index contributed by atoms with van der Waals surface area (Å²) in [5, 5.41) is 10.5. The number of nitrogens with one attached hydrogen (secondary N) is 1. The Morgan fingerprint density at radius 3 is 2.29 bits per heavy atom. The van der Waals surface area contributed by atoms with Gasteiger partial charge in [-0.15, -0.1) is 5.10 Å². The molecule has 1 spiro atoms. The summed E-state index contributed by atoms with van der Waals surface area (Å²) in [5.74, 6) is -8.10. The maximum Gasteiger partial charge on any atom is 0.322 e. The van der Waals surface area contributed by atoms with Crippen LogP contribution in [0.25, 0.3) is 11.5 Å². The number of anilines is 1. The molecule has 1 aliphatic heterocycles. The molecule has 1 aromatic heterocycles. The van der Waals surface area contributed by atoms with Gasteiger partial charge in [0.05, 0.1) is 0 Å². The van der Waals surface area contributed by atoms with Crippen molar-refractivity contribution in [1.29, 1.82) is 0 Å². The van der Waals surface area contributed by atoms with Crippen LogP contribution in [0, 0.1) is 5.41 Å². The Morgan fingerprint density at radius 1 is 1.11 bits per heavy atom. The minimum atomic E-state index is -3.99. The van der Waals surface area contributed by atoms with E-state index in [0.29, 0.717) is 0 Å². The first kappa shape index (κ1) is 18.7. The molecular weight excluding hydrogens is 380 g/mol. The zero-order valence-electron chi connectivity index (χ0n) is 15.0. The lowest BCUT2D eigenvalue weighted by molar-refractivity contribution is -0.134. The first-order valence-corrected chi connectivity index (χ1v) is 8.89. The van der Waals surface area contributed by atoms with Crippen LogP contribution in [0.5, 0.6) is 0 Å². The van der Waals surface area contributed by atoms with Gasteiger partial charge in [-0.1, -0.05) is 23.3 Å². The molecule has 4 rings (SSSR count). The third-order valence-corrected chi connectivity index (χ3v) is 5.62. The average Bonchev–Trinajstić information content (AvgIpc) is 3.04. The van der Waals surface area contributed by atoms with E-state index in [4.69, 9.17) is 4.42 Å². The van der Waals surface area contributed by atoms with Crippen molar-refractivity contribution >= 4 is 11.9 Å². The largest absolute Gasteiger partial charge is 0.403 e. The zero-order valence-corrected chi connectivity index (χ0v) is 15.0. The van der Waals surface area contributed by atoms with Gasteiger partial charge in [-0.05, 0) is 31.9 Å². The zero-order chi connectivity index (χ0) is 20.2. The van der Waals surface area contributed by atoms with E-state index in [1.165, 1.54) is 4.90 Å². The molecule has 2 aliphatic rings. The topological polar surface area (TPSA) is 71.3 Å². The van der Waals surface area contributed by atoms with Crippen molar-refractivity contribution < 1.29 is 26.8 Å². The predicted molar refractivity (Wildman–Crippen MR) is 91.0 cm³/mol. The number of nitrogens with zero attached hydrogens (tertiary/aromatic N) is 3. The number of hydrogen-bond donors (Lipinski definition) is 1. The van der Waals surface area contributed by atoms with Crippen molar-refractivity contribution in [1.82, 2.24) is 15.1 Å². The molecule has 0 radical (unpaired) electrons. The van der Waals surface area contributed by atoms with E-state index in [9.17, 15) is 22.4 Å². The number of piperidine rings is 1. The normalized spacial score (nSPS) is 22.7. The number of benzene rings is 1. The lowest BCUT2D eigenvalue weighted by Crippen LogP contribution is -2.47. The fraction of sp³-hybridized carbons (Fsp3) is 0.500. The van der Waals surface area contributed by atoms with Gasteiger partial charge in [0.25, 0.3) is 0 Å². The number of halogens is 4. The van der Waals surface area contributed by atoms with Crippen LogP contribution in [0.3, 0.4) is 0 Å². The van der Waals surface area contributed by atoms with E-state index in [-0.39, 0.29) is 25.0 Å². The van der Waals surface area contributed by atoms with Gasteiger partial charge in [-0.25, -0.2) is 0 Å². The summed E-state index contributed by atoms with van der Waals surface area (Å²) in [7, 11) is 0. The summed E-state index contributed by atoms with van der Waals surface area (Å²) >= 11 is 0. The minimum absolute atomic E-state index is 0.0356. The fourth-order valence-corrected chi connectivity index (χ4v) is 3.76. The van der Waals surface area contributed by atoms with Crippen LogP contribution >= 0.6 is 0 Å². The molecule has 2 heterocycles. The Labute approximate surface area is 157 Å². The highest BCUT2D eigenvalue weighted by molar-refractivity contribution is 5.83. The Morgan fingerprint density at radius 2 is 1.71 bits per heavy atom. The van der Waals surface area contributed by atoms with E-state index < -0.39 is 42.1 Å². The highest BCUT2D eigenvalue weighted by Gasteiger charge is 2.95. The highest BCUT2D eigenvalue weighted by Crippen LogP contribution is 2.76. The number of likely N-dealkylation sites (tertiary alicyclic amines) is 1. The summed E-state index contributed by atoms with van der Waals surface area (Å²) in [6.45, 7) is 1.27. The third-order valence-electron chi connectivity index (χ3n) is 5.62. The van der Waals surface area contributed by atoms with Crippen LogP contribution in [0.15, 0.2) is 34.7 Å². The number of amides is 1. The molecule has 1 N–H and O–H groups in total. The van der Waals surface area contributed by atoms with Gasteiger partial charge < -0.3 is 14.6 Å². The van der Waals surface area contributed by atoms with Crippen molar-refractivity contribution in [2.24, 2.45) is 5.41 Å². The van der Waals surface area contributed by atoms with Crippen molar-refractivity contribution in [3.8, 4) is 11.5 Å². The molecule has 150 valence electrons. The molecule has 1 saturated carbocycles. The maximum absolute atomic E-state index is 13.5. The Kier molecular flexibility index (Phi) is 4.13. The Bertz CT molecular complexity index is 863. The molecule has 2 aromatic rings. The predicted octanol–water partition coefficient (Wildman–Crippen LogP) is 3.43. The number of alkyl halides is 4. The van der Waals surface area contributed by atoms with Crippen molar-refractivity contribution in [3.05, 3.63) is 30.3 Å². The van der Waals surface area contributed by atoms with Crippen LogP contribution in [0.4, 0.5) is 23.6 Å². The number of carbonyl (C=O) groups is 1. The molecule has 1 aliphatic carbocycles. The van der Waals surface area contributed by atoms with Crippen molar-refractivity contribution in [2.75, 3.05) is 18.4 Å². The maximum atomic E-state index is 13.5. The molecule has 1 atom stereocenters. The molecule has 1 amide bonds. The number of carbonyl (C=O) groups excluding carboxylic acids is 1. The van der Waals surface area contributed by atoms with E-state index in [2.05, 4.69) is 15.5 Å². The number of rotatable bonds is 4. The highest BCUT2D eigenvalue weighted by atomic mass is 19.3. The van der Waals surface area contributed by atoms with E-state index in [1.54, 1.807) is 19.1 Å². The molecule has 6 nitrogen and oxygen atoms in total. The molecule has 1 saturated heterocycles. The summed E-state index contributed by atoms with van der Waals surface area (Å²) in [4.78, 5) is 13.8. The standard InChI is InChI=1S/C18H18F4N4O2/c1-11(23-15-25-24-13(28-15)12-5-3-2-4-6-12)14(27)26-9-7-16(8-10-26)17(19,20)18(16,21)22/h2-6,11H,7-10H2,1H3,(H,23,25)/t11-/m0/s1. The number of aromatic nitrogens is 2. The van der Waals surface area contributed by atoms with E-state index in [1.807, 2.05) is 18.2 Å². The van der Waals surface area contributed by atoms with Gasteiger partial charge in [0.2, 0.25) is 11.8 Å². The van der Waals surface area contributed by atoms with Crippen molar-refractivity contribution in [2.45, 2.75) is 37.7 Å².